The van der Waals surface area contributed by atoms with Crippen molar-refractivity contribution in [3.63, 3.8) is 0 Å². The monoisotopic (exact) mass is 474 g/mol. The van der Waals surface area contributed by atoms with Crippen LogP contribution in [0, 0.1) is 0 Å². The molecule has 1 atom stereocenters. The second-order valence-corrected chi connectivity index (χ2v) is 10.3. The van der Waals surface area contributed by atoms with E-state index in [0.717, 1.165) is 21.9 Å². The molecule has 1 amide bonds. The molecular weight excluding hydrogens is 451 g/mol. The summed E-state index contributed by atoms with van der Waals surface area (Å²) in [7, 11) is -3.67. The molecule has 29 heavy (non-hydrogen) atoms. The van der Waals surface area contributed by atoms with Crippen molar-refractivity contribution in [1.29, 1.82) is 0 Å². The molecule has 5 nitrogen and oxygen atoms in total. The highest BCUT2D eigenvalue weighted by molar-refractivity contribution is 7.98. The molecule has 0 aliphatic carbocycles. The Kier molecular flexibility index (Phi) is 9.14. The van der Waals surface area contributed by atoms with Gasteiger partial charge in [0.15, 0.2) is 0 Å². The van der Waals surface area contributed by atoms with Crippen molar-refractivity contribution in [1.82, 2.24) is 5.32 Å². The zero-order chi connectivity index (χ0) is 21.4. The Bertz CT molecular complexity index is 939. The van der Waals surface area contributed by atoms with Gasteiger partial charge < -0.3 is 5.32 Å². The van der Waals surface area contributed by atoms with Crippen molar-refractivity contribution < 1.29 is 13.2 Å². The first-order valence-corrected chi connectivity index (χ1v) is 12.8. The highest BCUT2D eigenvalue weighted by Gasteiger charge is 2.31. The first kappa shape index (κ1) is 23.9. The summed E-state index contributed by atoms with van der Waals surface area (Å²) in [5, 5.41) is 3.95. The maximum absolute atomic E-state index is 12.7. The average Bonchev–Trinajstić information content (AvgIpc) is 2.64. The van der Waals surface area contributed by atoms with Crippen molar-refractivity contribution in [2.24, 2.45) is 0 Å². The molecule has 1 unspecified atom stereocenters. The van der Waals surface area contributed by atoms with Crippen LogP contribution in [-0.4, -0.2) is 38.9 Å². The minimum absolute atomic E-state index is 0.332. The lowest BCUT2D eigenvalue weighted by atomic mass is 10.2. The lowest BCUT2D eigenvalue weighted by Crippen LogP contribution is -2.49. The summed E-state index contributed by atoms with van der Waals surface area (Å²) in [6, 6.07) is 13.3. The second kappa shape index (κ2) is 11.1. The van der Waals surface area contributed by atoms with Gasteiger partial charge in [0.2, 0.25) is 15.9 Å². The van der Waals surface area contributed by atoms with Crippen LogP contribution in [0.1, 0.15) is 18.9 Å². The molecule has 0 bridgehead atoms. The average molecular weight is 475 g/mol. The van der Waals surface area contributed by atoms with Gasteiger partial charge in [0.1, 0.15) is 6.04 Å². The van der Waals surface area contributed by atoms with Crippen LogP contribution in [0.4, 0.5) is 5.69 Å². The molecule has 2 rings (SSSR count). The first-order chi connectivity index (χ1) is 13.7. The number of nitrogens with one attached hydrogen (secondary N) is 1. The summed E-state index contributed by atoms with van der Waals surface area (Å²) < 4.78 is 25.9. The molecule has 1 N–H and O–H groups in total. The quantitative estimate of drug-likeness (QED) is 0.511. The van der Waals surface area contributed by atoms with E-state index in [1.165, 1.54) is 0 Å². The number of rotatable bonds is 10. The van der Waals surface area contributed by atoms with E-state index in [-0.39, 0.29) is 5.91 Å². The molecule has 0 saturated heterocycles. The Morgan fingerprint density at radius 1 is 1.14 bits per heavy atom. The third-order valence-corrected chi connectivity index (χ3v) is 6.78. The maximum atomic E-state index is 12.7. The normalized spacial score (nSPS) is 12.4. The molecule has 0 radical (unpaired) electrons. The van der Waals surface area contributed by atoms with E-state index < -0.39 is 16.1 Å². The van der Waals surface area contributed by atoms with E-state index in [1.54, 1.807) is 43.0 Å². The number of halogens is 2. The lowest BCUT2D eigenvalue weighted by Gasteiger charge is -2.30. The molecule has 0 aliphatic heterocycles. The number of hydrogen-bond acceptors (Lipinski definition) is 4. The predicted molar refractivity (Wildman–Crippen MR) is 123 cm³/mol. The SMILES string of the molecule is CCC(C(=O)NCCSCc1cccc(Cl)c1)N(c1cccc(Cl)c1)S(C)(=O)=O. The van der Waals surface area contributed by atoms with E-state index in [4.69, 9.17) is 23.2 Å². The highest BCUT2D eigenvalue weighted by atomic mass is 35.5. The number of sulfonamides is 1. The van der Waals surface area contributed by atoms with Crippen LogP contribution in [0.2, 0.25) is 10.0 Å². The van der Waals surface area contributed by atoms with E-state index in [0.29, 0.717) is 34.5 Å². The fourth-order valence-corrected chi connectivity index (χ4v) is 5.26. The highest BCUT2D eigenvalue weighted by Crippen LogP contribution is 2.25. The van der Waals surface area contributed by atoms with Gasteiger partial charge in [-0.2, -0.15) is 11.8 Å². The Morgan fingerprint density at radius 2 is 1.79 bits per heavy atom. The third-order valence-electron chi connectivity index (χ3n) is 4.10. The maximum Gasteiger partial charge on any atom is 0.243 e. The number of amides is 1. The largest absolute Gasteiger partial charge is 0.353 e. The number of benzene rings is 2. The number of anilines is 1. The van der Waals surface area contributed by atoms with Crippen LogP contribution in [-0.2, 0) is 20.6 Å². The molecule has 0 fully saturated rings. The van der Waals surface area contributed by atoms with Crippen LogP contribution in [0.25, 0.3) is 0 Å². The van der Waals surface area contributed by atoms with E-state index in [1.807, 2.05) is 24.3 Å². The van der Waals surface area contributed by atoms with Crippen molar-refractivity contribution >= 4 is 56.6 Å². The van der Waals surface area contributed by atoms with E-state index in [2.05, 4.69) is 5.32 Å². The minimum Gasteiger partial charge on any atom is -0.353 e. The molecule has 0 heterocycles. The Balaban J connectivity index is 1.97. The van der Waals surface area contributed by atoms with Crippen molar-refractivity contribution in [3.05, 3.63) is 64.1 Å². The molecule has 0 saturated carbocycles. The second-order valence-electron chi connectivity index (χ2n) is 6.44. The van der Waals surface area contributed by atoms with Gasteiger partial charge in [-0.3, -0.25) is 9.10 Å². The standard InChI is InChI=1S/C20H24Cl2N2O3S2/c1-3-19(24(29(2,26)27)18-9-5-8-17(22)13-18)20(25)23-10-11-28-14-15-6-4-7-16(21)12-15/h4-9,12-13,19H,3,10-11,14H2,1-2H3,(H,23,25). The zero-order valence-corrected chi connectivity index (χ0v) is 19.4. The topological polar surface area (TPSA) is 66.5 Å². The van der Waals surface area contributed by atoms with Crippen LogP contribution >= 0.6 is 35.0 Å². The summed E-state index contributed by atoms with van der Waals surface area (Å²) in [4.78, 5) is 12.7. The number of nitrogens with zero attached hydrogens (tertiary/aromatic N) is 1. The molecular formula is C20H24Cl2N2O3S2. The predicted octanol–water partition coefficient (Wildman–Crippen LogP) is 4.59. The van der Waals surface area contributed by atoms with Crippen molar-refractivity contribution in [3.8, 4) is 0 Å². The first-order valence-electron chi connectivity index (χ1n) is 9.07. The van der Waals surface area contributed by atoms with Gasteiger partial charge in [0, 0.05) is 28.1 Å². The van der Waals surface area contributed by atoms with E-state index in [9.17, 15) is 13.2 Å². The summed E-state index contributed by atoms with van der Waals surface area (Å²) >= 11 is 13.7. The summed E-state index contributed by atoms with van der Waals surface area (Å²) in [5.41, 5.74) is 1.49. The summed E-state index contributed by atoms with van der Waals surface area (Å²) in [6.45, 7) is 2.22. The van der Waals surface area contributed by atoms with Crippen molar-refractivity contribution in [2.45, 2.75) is 25.1 Å². The summed E-state index contributed by atoms with van der Waals surface area (Å²) in [5.74, 6) is 1.15. The van der Waals surface area contributed by atoms with Gasteiger partial charge in [0.05, 0.1) is 11.9 Å². The number of hydrogen-bond donors (Lipinski definition) is 1. The van der Waals surface area contributed by atoms with Crippen LogP contribution in [0.5, 0.6) is 0 Å². The smallest absolute Gasteiger partial charge is 0.243 e. The van der Waals surface area contributed by atoms with Gasteiger partial charge in [-0.05, 0) is 42.3 Å². The fraction of sp³-hybridized carbons (Fsp3) is 0.350. The van der Waals surface area contributed by atoms with Gasteiger partial charge in [-0.1, -0.05) is 48.3 Å². The van der Waals surface area contributed by atoms with Crippen LogP contribution in [0.3, 0.4) is 0 Å². The number of carbonyl (C=O) groups excluding carboxylic acids is 1. The molecule has 0 aliphatic rings. The van der Waals surface area contributed by atoms with Gasteiger partial charge in [0.25, 0.3) is 0 Å². The van der Waals surface area contributed by atoms with E-state index >= 15 is 0 Å². The molecule has 2 aromatic rings. The van der Waals surface area contributed by atoms with Gasteiger partial charge >= 0.3 is 0 Å². The third kappa shape index (κ3) is 7.41. The molecule has 0 spiro atoms. The Morgan fingerprint density at radius 3 is 2.38 bits per heavy atom. The van der Waals surface area contributed by atoms with Crippen molar-refractivity contribution in [2.75, 3.05) is 22.9 Å². The Labute approximate surface area is 186 Å². The molecule has 0 aromatic heterocycles. The molecule has 2 aromatic carbocycles. The lowest BCUT2D eigenvalue weighted by molar-refractivity contribution is -0.122. The number of carbonyl (C=O) groups is 1. The van der Waals surface area contributed by atoms with Crippen LogP contribution < -0.4 is 9.62 Å². The molecule has 158 valence electrons. The Hall–Kier alpha value is -1.41. The molecule has 9 heteroatoms. The van der Waals surface area contributed by atoms with Gasteiger partial charge in [-0.25, -0.2) is 8.42 Å². The zero-order valence-electron chi connectivity index (χ0n) is 16.3. The number of thioether (sulfide) groups is 1. The fourth-order valence-electron chi connectivity index (χ4n) is 2.85. The summed E-state index contributed by atoms with van der Waals surface area (Å²) in [6.07, 6.45) is 1.42. The minimum atomic E-state index is -3.67. The van der Waals surface area contributed by atoms with Crippen LogP contribution in [0.15, 0.2) is 48.5 Å². The van der Waals surface area contributed by atoms with Gasteiger partial charge in [-0.15, -0.1) is 0 Å².